The lowest BCUT2D eigenvalue weighted by atomic mass is 10.1. The number of thioether (sulfide) groups is 1. The molecule has 1 atom stereocenters. The molecule has 0 spiro atoms. The number of halogens is 1. The monoisotopic (exact) mass is 463 g/mol. The van der Waals surface area contributed by atoms with Gasteiger partial charge in [0.05, 0.1) is 21.8 Å². The molecule has 0 aliphatic carbocycles. The molecule has 0 saturated carbocycles. The Labute approximate surface area is 195 Å². The van der Waals surface area contributed by atoms with Gasteiger partial charge in [0, 0.05) is 10.7 Å². The van der Waals surface area contributed by atoms with Crippen LogP contribution in [0.3, 0.4) is 0 Å². The number of nitrogens with zero attached hydrogens (tertiary/aromatic N) is 2. The molecule has 0 bridgehead atoms. The van der Waals surface area contributed by atoms with Gasteiger partial charge in [-0.1, -0.05) is 47.6 Å². The quantitative estimate of drug-likeness (QED) is 0.301. The lowest BCUT2D eigenvalue weighted by Gasteiger charge is -2.17. The minimum absolute atomic E-state index is 0.168. The maximum Gasteiger partial charge on any atom is 0.266 e. The Bertz CT molecular complexity index is 1380. The summed E-state index contributed by atoms with van der Waals surface area (Å²) in [6.45, 7) is 5.83. The Kier molecular flexibility index (Phi) is 6.35. The van der Waals surface area contributed by atoms with Gasteiger partial charge in [0.1, 0.15) is 0 Å². The SMILES string of the molecule is Cc1ccc(NC(=O)C(C)Sc2nc3ccccc3c(=O)n2-c2cccc(Cl)c2)cc1C. The second-order valence-electron chi connectivity index (χ2n) is 7.58. The van der Waals surface area contributed by atoms with Gasteiger partial charge >= 0.3 is 0 Å². The second-order valence-corrected chi connectivity index (χ2v) is 9.32. The number of carbonyl (C=O) groups is 1. The van der Waals surface area contributed by atoms with Crippen molar-refractivity contribution < 1.29 is 4.79 Å². The van der Waals surface area contributed by atoms with Crippen LogP contribution in [0, 0.1) is 13.8 Å². The van der Waals surface area contributed by atoms with E-state index < -0.39 is 5.25 Å². The first-order valence-electron chi connectivity index (χ1n) is 10.2. The van der Waals surface area contributed by atoms with Crippen molar-refractivity contribution in [1.82, 2.24) is 9.55 Å². The van der Waals surface area contributed by atoms with Crippen LogP contribution in [0.4, 0.5) is 5.69 Å². The predicted molar refractivity (Wildman–Crippen MR) is 132 cm³/mol. The van der Waals surface area contributed by atoms with Gasteiger partial charge in [-0.05, 0) is 74.4 Å². The zero-order valence-corrected chi connectivity index (χ0v) is 19.5. The molecule has 0 fully saturated rings. The van der Waals surface area contributed by atoms with E-state index in [1.807, 2.05) is 38.1 Å². The number of nitrogens with one attached hydrogen (secondary N) is 1. The van der Waals surface area contributed by atoms with Crippen LogP contribution in [0.15, 0.2) is 76.7 Å². The number of aromatic nitrogens is 2. The molecule has 1 aromatic heterocycles. The number of para-hydroxylation sites is 1. The fraction of sp³-hybridized carbons (Fsp3) is 0.160. The van der Waals surface area contributed by atoms with Crippen LogP contribution in [0.25, 0.3) is 16.6 Å². The van der Waals surface area contributed by atoms with E-state index in [0.717, 1.165) is 16.8 Å². The van der Waals surface area contributed by atoms with Crippen molar-refractivity contribution in [1.29, 1.82) is 0 Å². The maximum atomic E-state index is 13.3. The summed E-state index contributed by atoms with van der Waals surface area (Å²) >= 11 is 7.41. The lowest BCUT2D eigenvalue weighted by molar-refractivity contribution is -0.115. The molecular formula is C25H22ClN3O2S. The molecule has 1 unspecified atom stereocenters. The van der Waals surface area contributed by atoms with E-state index in [2.05, 4.69) is 5.32 Å². The first kappa shape index (κ1) is 22.1. The van der Waals surface area contributed by atoms with E-state index in [0.29, 0.717) is 26.8 Å². The van der Waals surface area contributed by atoms with Crippen LogP contribution in [0.2, 0.25) is 5.02 Å². The van der Waals surface area contributed by atoms with E-state index in [-0.39, 0.29) is 11.5 Å². The number of hydrogen-bond donors (Lipinski definition) is 1. The molecule has 3 aromatic carbocycles. The van der Waals surface area contributed by atoms with Crippen molar-refractivity contribution in [2.45, 2.75) is 31.2 Å². The minimum atomic E-state index is -0.491. The fourth-order valence-corrected chi connectivity index (χ4v) is 4.42. The number of aryl methyl sites for hydroxylation is 2. The maximum absolute atomic E-state index is 13.3. The lowest BCUT2D eigenvalue weighted by Crippen LogP contribution is -2.26. The Hall–Kier alpha value is -3.09. The van der Waals surface area contributed by atoms with E-state index in [4.69, 9.17) is 16.6 Å². The summed E-state index contributed by atoms with van der Waals surface area (Å²) in [5.41, 5.74) is 3.99. The number of fused-ring (bicyclic) bond motifs is 1. The normalized spacial score (nSPS) is 12.0. The van der Waals surface area contributed by atoms with Gasteiger partial charge in [-0.25, -0.2) is 4.98 Å². The molecule has 5 nitrogen and oxygen atoms in total. The molecule has 1 amide bonds. The third-order valence-electron chi connectivity index (χ3n) is 5.24. The first-order valence-corrected chi connectivity index (χ1v) is 11.4. The highest BCUT2D eigenvalue weighted by molar-refractivity contribution is 8.00. The van der Waals surface area contributed by atoms with Crippen LogP contribution in [-0.2, 0) is 4.79 Å². The molecule has 0 aliphatic heterocycles. The second kappa shape index (κ2) is 9.18. The van der Waals surface area contributed by atoms with Gasteiger partial charge in [0.15, 0.2) is 5.16 Å². The number of benzene rings is 3. The van der Waals surface area contributed by atoms with E-state index in [9.17, 15) is 9.59 Å². The zero-order valence-electron chi connectivity index (χ0n) is 17.9. The van der Waals surface area contributed by atoms with Crippen molar-refractivity contribution in [3.63, 3.8) is 0 Å². The van der Waals surface area contributed by atoms with Gasteiger partial charge in [-0.2, -0.15) is 0 Å². The average molecular weight is 464 g/mol. The largest absolute Gasteiger partial charge is 0.325 e. The number of rotatable bonds is 5. The van der Waals surface area contributed by atoms with Crippen LogP contribution >= 0.6 is 23.4 Å². The molecule has 0 aliphatic rings. The molecule has 7 heteroatoms. The number of hydrogen-bond acceptors (Lipinski definition) is 4. The standard InChI is InChI=1S/C25H22ClN3O2S/c1-15-11-12-19(13-16(15)2)27-23(30)17(3)32-25-28-22-10-5-4-9-21(22)24(31)29(25)20-8-6-7-18(26)14-20/h4-14,17H,1-3H3,(H,27,30). The Morgan fingerprint density at radius 1 is 1.03 bits per heavy atom. The van der Waals surface area contributed by atoms with E-state index in [1.54, 1.807) is 49.4 Å². The zero-order chi connectivity index (χ0) is 22.8. The summed E-state index contributed by atoms with van der Waals surface area (Å²) in [7, 11) is 0. The third kappa shape index (κ3) is 4.56. The van der Waals surface area contributed by atoms with Gasteiger partial charge in [0.2, 0.25) is 5.91 Å². The summed E-state index contributed by atoms with van der Waals surface area (Å²) in [5.74, 6) is -0.168. The minimum Gasteiger partial charge on any atom is -0.325 e. The van der Waals surface area contributed by atoms with Crippen LogP contribution in [0.5, 0.6) is 0 Å². The summed E-state index contributed by atoms with van der Waals surface area (Å²) in [6, 6.07) is 20.0. The molecule has 1 N–H and O–H groups in total. The molecule has 4 aromatic rings. The van der Waals surface area contributed by atoms with E-state index >= 15 is 0 Å². The van der Waals surface area contributed by atoms with Crippen LogP contribution in [-0.4, -0.2) is 20.7 Å². The van der Waals surface area contributed by atoms with Crippen LogP contribution < -0.4 is 10.9 Å². The molecule has 1 heterocycles. The summed E-state index contributed by atoms with van der Waals surface area (Å²) in [6.07, 6.45) is 0. The summed E-state index contributed by atoms with van der Waals surface area (Å²) < 4.78 is 1.51. The molecule has 4 rings (SSSR count). The van der Waals surface area contributed by atoms with Crippen molar-refractivity contribution in [3.8, 4) is 5.69 Å². The van der Waals surface area contributed by atoms with Crippen molar-refractivity contribution in [2.75, 3.05) is 5.32 Å². The molecule has 32 heavy (non-hydrogen) atoms. The Morgan fingerprint density at radius 3 is 2.56 bits per heavy atom. The van der Waals surface area contributed by atoms with Crippen molar-refractivity contribution >= 4 is 45.9 Å². The average Bonchev–Trinajstić information content (AvgIpc) is 2.76. The van der Waals surface area contributed by atoms with Gasteiger partial charge in [0.25, 0.3) is 5.56 Å². The van der Waals surface area contributed by atoms with E-state index in [1.165, 1.54) is 16.3 Å². The van der Waals surface area contributed by atoms with Crippen molar-refractivity contribution in [2.24, 2.45) is 0 Å². The summed E-state index contributed by atoms with van der Waals surface area (Å²) in [5, 5.41) is 3.91. The number of anilines is 1. The van der Waals surface area contributed by atoms with Crippen LogP contribution in [0.1, 0.15) is 18.1 Å². The van der Waals surface area contributed by atoms with Gasteiger partial charge < -0.3 is 5.32 Å². The Morgan fingerprint density at radius 2 is 1.81 bits per heavy atom. The molecule has 0 saturated heterocycles. The predicted octanol–water partition coefficient (Wildman–Crippen LogP) is 5.78. The van der Waals surface area contributed by atoms with Gasteiger partial charge in [-0.3, -0.25) is 14.2 Å². The first-order chi connectivity index (χ1) is 15.3. The van der Waals surface area contributed by atoms with Gasteiger partial charge in [-0.15, -0.1) is 0 Å². The highest BCUT2D eigenvalue weighted by Crippen LogP contribution is 2.27. The summed E-state index contributed by atoms with van der Waals surface area (Å²) in [4.78, 5) is 30.9. The highest BCUT2D eigenvalue weighted by atomic mass is 35.5. The smallest absolute Gasteiger partial charge is 0.266 e. The topological polar surface area (TPSA) is 64.0 Å². The molecular weight excluding hydrogens is 442 g/mol. The Balaban J connectivity index is 1.71. The third-order valence-corrected chi connectivity index (χ3v) is 6.52. The van der Waals surface area contributed by atoms with Crippen molar-refractivity contribution in [3.05, 3.63) is 93.2 Å². The fourth-order valence-electron chi connectivity index (χ4n) is 3.31. The molecule has 0 radical (unpaired) electrons. The highest BCUT2D eigenvalue weighted by Gasteiger charge is 2.20. The number of amides is 1. The number of carbonyl (C=O) groups excluding carboxylic acids is 1. The molecule has 162 valence electrons.